The van der Waals surface area contributed by atoms with Crippen molar-refractivity contribution in [2.75, 3.05) is 17.2 Å². The lowest BCUT2D eigenvalue weighted by molar-refractivity contribution is -0.119. The molecule has 0 aliphatic heterocycles. The van der Waals surface area contributed by atoms with Gasteiger partial charge in [-0.2, -0.15) is 0 Å². The monoisotopic (exact) mass is 393 g/mol. The van der Waals surface area contributed by atoms with Gasteiger partial charge in [-0.25, -0.2) is 0 Å². The third-order valence-corrected chi connectivity index (χ3v) is 4.30. The Balaban J connectivity index is 1.88. The van der Waals surface area contributed by atoms with Crippen LogP contribution in [0.25, 0.3) is 0 Å². The number of anilines is 2. The van der Waals surface area contributed by atoms with Crippen LogP contribution >= 0.6 is 23.2 Å². The van der Waals surface area contributed by atoms with Crippen molar-refractivity contribution in [3.8, 4) is 0 Å². The van der Waals surface area contributed by atoms with Crippen molar-refractivity contribution in [3.63, 3.8) is 0 Å². The topological polar surface area (TPSA) is 70.2 Å². The van der Waals surface area contributed by atoms with E-state index < -0.39 is 0 Å². The van der Waals surface area contributed by atoms with Crippen LogP contribution in [0.15, 0.2) is 42.5 Å². The van der Waals surface area contributed by atoms with E-state index in [1.54, 1.807) is 24.3 Å². The van der Waals surface area contributed by atoms with Crippen molar-refractivity contribution in [2.24, 2.45) is 0 Å². The van der Waals surface area contributed by atoms with E-state index >= 15 is 0 Å². The SMILES string of the molecule is CCCC(=O)Nc1ccc(Cl)c(NCC(=O)NCc2ccccc2Cl)c1. The quantitative estimate of drug-likeness (QED) is 0.619. The Hall–Kier alpha value is -2.24. The van der Waals surface area contributed by atoms with Crippen LogP contribution in [0.2, 0.25) is 10.0 Å². The van der Waals surface area contributed by atoms with Crippen molar-refractivity contribution in [1.82, 2.24) is 5.32 Å². The highest BCUT2D eigenvalue weighted by Crippen LogP contribution is 2.25. The van der Waals surface area contributed by atoms with Crippen LogP contribution < -0.4 is 16.0 Å². The fraction of sp³-hybridized carbons (Fsp3) is 0.263. The molecule has 5 nitrogen and oxygen atoms in total. The van der Waals surface area contributed by atoms with Crippen LogP contribution in [0.4, 0.5) is 11.4 Å². The number of amides is 2. The summed E-state index contributed by atoms with van der Waals surface area (Å²) in [6, 6.07) is 12.4. The largest absolute Gasteiger partial charge is 0.375 e. The summed E-state index contributed by atoms with van der Waals surface area (Å²) in [5, 5.41) is 9.65. The molecule has 138 valence electrons. The van der Waals surface area contributed by atoms with E-state index in [0.29, 0.717) is 34.4 Å². The minimum Gasteiger partial charge on any atom is -0.375 e. The molecule has 0 fully saturated rings. The van der Waals surface area contributed by atoms with Crippen molar-refractivity contribution >= 4 is 46.4 Å². The molecule has 0 aliphatic carbocycles. The highest BCUT2D eigenvalue weighted by atomic mass is 35.5. The number of carbonyl (C=O) groups excluding carboxylic acids is 2. The summed E-state index contributed by atoms with van der Waals surface area (Å²) in [6.07, 6.45) is 1.23. The Morgan fingerprint density at radius 2 is 1.77 bits per heavy atom. The van der Waals surface area contributed by atoms with Gasteiger partial charge < -0.3 is 16.0 Å². The first-order valence-corrected chi connectivity index (χ1v) is 9.08. The molecule has 0 aromatic heterocycles. The third kappa shape index (κ3) is 6.24. The molecule has 2 aromatic carbocycles. The van der Waals surface area contributed by atoms with E-state index in [1.165, 1.54) is 0 Å². The summed E-state index contributed by atoms with van der Waals surface area (Å²) >= 11 is 12.2. The van der Waals surface area contributed by atoms with Gasteiger partial charge >= 0.3 is 0 Å². The zero-order chi connectivity index (χ0) is 18.9. The standard InChI is InChI=1S/C19H21Cl2N3O2/c1-2-5-18(25)24-14-8-9-16(21)17(10-14)22-12-19(26)23-11-13-6-3-4-7-15(13)20/h3-4,6-10,22H,2,5,11-12H2,1H3,(H,23,26)(H,24,25). The van der Waals surface area contributed by atoms with Crippen LogP contribution in [0.3, 0.4) is 0 Å². The van der Waals surface area contributed by atoms with Crippen molar-refractivity contribution in [2.45, 2.75) is 26.3 Å². The summed E-state index contributed by atoms with van der Waals surface area (Å²) in [7, 11) is 0. The van der Waals surface area contributed by atoms with Gasteiger partial charge in [0, 0.05) is 23.7 Å². The summed E-state index contributed by atoms with van der Waals surface area (Å²) in [4.78, 5) is 23.7. The lowest BCUT2D eigenvalue weighted by Crippen LogP contribution is -2.29. The molecule has 0 unspecified atom stereocenters. The van der Waals surface area contributed by atoms with Gasteiger partial charge in [-0.05, 0) is 36.2 Å². The van der Waals surface area contributed by atoms with Gasteiger partial charge in [-0.3, -0.25) is 9.59 Å². The van der Waals surface area contributed by atoms with E-state index in [9.17, 15) is 9.59 Å². The van der Waals surface area contributed by atoms with E-state index in [-0.39, 0.29) is 18.4 Å². The summed E-state index contributed by atoms with van der Waals surface area (Å²) in [5.41, 5.74) is 2.06. The maximum atomic E-state index is 12.0. The lowest BCUT2D eigenvalue weighted by Gasteiger charge is -2.12. The molecule has 0 radical (unpaired) electrons. The predicted molar refractivity (Wildman–Crippen MR) is 107 cm³/mol. The Morgan fingerprint density at radius 3 is 2.50 bits per heavy atom. The van der Waals surface area contributed by atoms with E-state index in [2.05, 4.69) is 16.0 Å². The molecule has 0 atom stereocenters. The second kappa shape index (κ2) is 10.0. The minimum absolute atomic E-state index is 0.0521. The first kappa shape index (κ1) is 20.1. The van der Waals surface area contributed by atoms with Gasteiger partial charge in [0.2, 0.25) is 11.8 Å². The Bertz CT molecular complexity index is 781. The first-order valence-electron chi connectivity index (χ1n) is 8.33. The molecule has 0 bridgehead atoms. The Morgan fingerprint density at radius 1 is 1.00 bits per heavy atom. The second-order valence-electron chi connectivity index (χ2n) is 5.71. The molecule has 0 heterocycles. The Kier molecular flexibility index (Phi) is 7.75. The van der Waals surface area contributed by atoms with E-state index in [1.807, 2.05) is 25.1 Å². The molecule has 3 N–H and O–H groups in total. The summed E-state index contributed by atoms with van der Waals surface area (Å²) in [5.74, 6) is -0.250. The van der Waals surface area contributed by atoms with Gasteiger partial charge in [0.1, 0.15) is 0 Å². The number of hydrogen-bond donors (Lipinski definition) is 3. The molecule has 0 saturated heterocycles. The van der Waals surface area contributed by atoms with Gasteiger partial charge in [0.25, 0.3) is 0 Å². The molecule has 26 heavy (non-hydrogen) atoms. The molecule has 0 aliphatic rings. The van der Waals surface area contributed by atoms with Crippen molar-refractivity contribution < 1.29 is 9.59 Å². The predicted octanol–water partition coefficient (Wildman–Crippen LogP) is 4.46. The molecule has 0 saturated carbocycles. The first-order chi connectivity index (χ1) is 12.5. The van der Waals surface area contributed by atoms with Gasteiger partial charge in [0.15, 0.2) is 0 Å². The zero-order valence-corrected chi connectivity index (χ0v) is 16.0. The highest BCUT2D eigenvalue weighted by Gasteiger charge is 2.08. The molecule has 7 heteroatoms. The zero-order valence-electron chi connectivity index (χ0n) is 14.4. The molecular formula is C19H21Cl2N3O2. The third-order valence-electron chi connectivity index (χ3n) is 3.60. The van der Waals surface area contributed by atoms with Gasteiger partial charge in [0.05, 0.1) is 17.3 Å². The molecule has 0 spiro atoms. The number of halogens is 2. The molecule has 2 aromatic rings. The van der Waals surface area contributed by atoms with Gasteiger partial charge in [-0.15, -0.1) is 0 Å². The smallest absolute Gasteiger partial charge is 0.239 e. The maximum Gasteiger partial charge on any atom is 0.239 e. The fourth-order valence-corrected chi connectivity index (χ4v) is 2.65. The number of carbonyl (C=O) groups is 2. The molecule has 2 amide bonds. The van der Waals surface area contributed by atoms with E-state index in [4.69, 9.17) is 23.2 Å². The minimum atomic E-state index is -0.193. The van der Waals surface area contributed by atoms with Crippen LogP contribution in [-0.4, -0.2) is 18.4 Å². The van der Waals surface area contributed by atoms with Crippen LogP contribution in [0.5, 0.6) is 0 Å². The normalized spacial score (nSPS) is 10.3. The maximum absolute atomic E-state index is 12.0. The van der Waals surface area contributed by atoms with Gasteiger partial charge in [-0.1, -0.05) is 48.3 Å². The van der Waals surface area contributed by atoms with Crippen molar-refractivity contribution in [1.29, 1.82) is 0 Å². The van der Waals surface area contributed by atoms with Crippen LogP contribution in [-0.2, 0) is 16.1 Å². The lowest BCUT2D eigenvalue weighted by atomic mass is 10.2. The number of benzene rings is 2. The van der Waals surface area contributed by atoms with Crippen molar-refractivity contribution in [3.05, 3.63) is 58.1 Å². The summed E-state index contributed by atoms with van der Waals surface area (Å²) < 4.78 is 0. The number of nitrogens with one attached hydrogen (secondary N) is 3. The summed E-state index contributed by atoms with van der Waals surface area (Å²) in [6.45, 7) is 2.34. The molecular weight excluding hydrogens is 373 g/mol. The van der Waals surface area contributed by atoms with Crippen LogP contribution in [0.1, 0.15) is 25.3 Å². The number of hydrogen-bond acceptors (Lipinski definition) is 3. The highest BCUT2D eigenvalue weighted by molar-refractivity contribution is 6.33. The number of rotatable bonds is 8. The van der Waals surface area contributed by atoms with E-state index in [0.717, 1.165) is 12.0 Å². The fourth-order valence-electron chi connectivity index (χ4n) is 2.26. The van der Waals surface area contributed by atoms with Crippen LogP contribution in [0, 0.1) is 0 Å². The average Bonchev–Trinajstić information content (AvgIpc) is 2.61. The molecule has 2 rings (SSSR count). The second-order valence-corrected chi connectivity index (χ2v) is 6.53. The Labute approximate surface area is 163 Å². The average molecular weight is 394 g/mol.